The summed E-state index contributed by atoms with van der Waals surface area (Å²) in [5, 5.41) is 33.4. The number of aliphatic hydroxyl groups is 2. The summed E-state index contributed by atoms with van der Waals surface area (Å²) in [6.07, 6.45) is -6.27. The number of amides is 4. The fourth-order valence-electron chi connectivity index (χ4n) is 4.72. The summed E-state index contributed by atoms with van der Waals surface area (Å²) in [5.41, 5.74) is 1.37. The first-order chi connectivity index (χ1) is 22.0. The fraction of sp³-hybridized carbons (Fsp3) is 0.529. The summed E-state index contributed by atoms with van der Waals surface area (Å²) in [6.45, 7) is 7.09. The molecule has 2 unspecified atom stereocenters. The van der Waals surface area contributed by atoms with Gasteiger partial charge in [-0.15, -0.1) is 0 Å². The van der Waals surface area contributed by atoms with Crippen molar-refractivity contribution in [3.63, 3.8) is 0 Å². The Bertz CT molecular complexity index is 1140. The molecule has 0 saturated heterocycles. The van der Waals surface area contributed by atoms with E-state index >= 15 is 0 Å². The fourth-order valence-corrected chi connectivity index (χ4v) is 4.72. The summed E-state index contributed by atoms with van der Waals surface area (Å²) in [6, 6.07) is 15.9. The Morgan fingerprint density at radius 3 is 1.22 bits per heavy atom. The molecular weight excluding hydrogens is 592 g/mol. The zero-order valence-electron chi connectivity index (χ0n) is 27.6. The van der Waals surface area contributed by atoms with Gasteiger partial charge in [-0.2, -0.15) is 0 Å². The van der Waals surface area contributed by atoms with E-state index < -0.39 is 60.1 Å². The smallest absolute Gasteiger partial charge is 0.252 e. The molecule has 12 nitrogen and oxygen atoms in total. The van der Waals surface area contributed by atoms with Gasteiger partial charge in [-0.25, -0.2) is 0 Å². The van der Waals surface area contributed by atoms with Crippen LogP contribution < -0.4 is 21.3 Å². The number of ether oxygens (including phenoxy) is 2. The number of carbonyl (C=O) groups is 4. The second-order valence-electron chi connectivity index (χ2n) is 11.4. The zero-order chi connectivity index (χ0) is 34.2. The number of likely N-dealkylation sites (N-methyl/N-ethyl adjacent to an activating group) is 2. The first-order valence-corrected chi connectivity index (χ1v) is 15.7. The average Bonchev–Trinajstić information content (AvgIpc) is 3.08. The summed E-state index contributed by atoms with van der Waals surface area (Å²) in [4.78, 5) is 52.7. The van der Waals surface area contributed by atoms with Crippen molar-refractivity contribution in [1.29, 1.82) is 0 Å². The number of aliphatic hydroxyl groups excluding tert-OH is 2. The molecule has 0 radical (unpaired) electrons. The molecule has 6 N–H and O–H groups in total. The van der Waals surface area contributed by atoms with Crippen LogP contribution in [0.25, 0.3) is 0 Å². The Hall–Kier alpha value is -3.84. The molecule has 254 valence electrons. The van der Waals surface area contributed by atoms with Crippen molar-refractivity contribution in [3.8, 4) is 0 Å². The molecule has 2 aromatic rings. The minimum Gasteiger partial charge on any atom is -0.387 e. The van der Waals surface area contributed by atoms with Crippen molar-refractivity contribution < 1.29 is 38.9 Å². The van der Waals surface area contributed by atoms with Gasteiger partial charge in [-0.05, 0) is 23.0 Å². The monoisotopic (exact) mass is 642 g/mol. The van der Waals surface area contributed by atoms with Crippen LogP contribution in [0.4, 0.5) is 0 Å². The third-order valence-electron chi connectivity index (χ3n) is 8.11. The molecule has 0 heterocycles. The predicted octanol–water partition coefficient (Wildman–Crippen LogP) is 1.43. The molecule has 46 heavy (non-hydrogen) atoms. The molecule has 2 aromatic carbocycles. The van der Waals surface area contributed by atoms with Crippen LogP contribution in [-0.2, 0) is 41.9 Å². The highest BCUT2D eigenvalue weighted by atomic mass is 16.5. The van der Waals surface area contributed by atoms with Gasteiger partial charge in [0.1, 0.15) is 24.3 Å². The number of benzene rings is 2. The molecule has 0 aliphatic carbocycles. The molecule has 0 fully saturated rings. The topological polar surface area (TPSA) is 175 Å². The highest BCUT2D eigenvalue weighted by Gasteiger charge is 2.43. The number of rotatable bonds is 19. The molecular formula is C34H50N4O8. The van der Waals surface area contributed by atoms with Gasteiger partial charge in [0, 0.05) is 14.1 Å². The van der Waals surface area contributed by atoms with E-state index in [9.17, 15) is 29.4 Å². The van der Waals surface area contributed by atoms with Crippen LogP contribution in [0.1, 0.15) is 51.7 Å². The average molecular weight is 643 g/mol. The maximum Gasteiger partial charge on any atom is 0.252 e. The summed E-state index contributed by atoms with van der Waals surface area (Å²) < 4.78 is 11.8. The number of carbonyl (C=O) groups excluding carboxylic acids is 4. The van der Waals surface area contributed by atoms with Gasteiger partial charge >= 0.3 is 0 Å². The van der Waals surface area contributed by atoms with E-state index in [1.165, 1.54) is 14.1 Å². The van der Waals surface area contributed by atoms with E-state index in [4.69, 9.17) is 9.47 Å². The van der Waals surface area contributed by atoms with E-state index in [-0.39, 0.29) is 25.0 Å². The predicted molar refractivity (Wildman–Crippen MR) is 173 cm³/mol. The van der Waals surface area contributed by atoms with Crippen molar-refractivity contribution in [2.45, 2.75) is 90.2 Å². The molecule has 0 saturated carbocycles. The molecule has 0 aliphatic heterocycles. The van der Waals surface area contributed by atoms with Gasteiger partial charge in [0.15, 0.2) is 12.2 Å². The van der Waals surface area contributed by atoms with Crippen molar-refractivity contribution >= 4 is 23.6 Å². The third kappa shape index (κ3) is 11.2. The Kier molecular flexibility index (Phi) is 16.4. The third-order valence-corrected chi connectivity index (χ3v) is 8.11. The molecule has 12 heteroatoms. The van der Waals surface area contributed by atoms with E-state index in [0.29, 0.717) is 24.0 Å². The quantitative estimate of drug-likeness (QED) is 0.133. The van der Waals surface area contributed by atoms with Crippen LogP contribution in [0.3, 0.4) is 0 Å². The lowest BCUT2D eigenvalue weighted by Gasteiger charge is -2.33. The van der Waals surface area contributed by atoms with E-state index in [1.807, 2.05) is 26.0 Å². The molecule has 0 aromatic heterocycles. The summed E-state index contributed by atoms with van der Waals surface area (Å²) >= 11 is 0. The first kappa shape index (κ1) is 38.3. The number of nitrogens with one attached hydrogen (secondary N) is 4. The highest BCUT2D eigenvalue weighted by Crippen LogP contribution is 2.18. The SMILES string of the molecule is CCC(C)[C@H](NC(=O)[C@H](OCc1ccccc1)[C@H](O)[C@@H](O)[C@@H](OCc1ccccc1)C(=O)N[C@H](C(=O)NC)C(C)CC)C(=O)NC. The molecule has 0 spiro atoms. The van der Waals surface area contributed by atoms with Crippen LogP contribution in [-0.4, -0.2) is 84.4 Å². The normalized spacial score (nSPS) is 16.4. The van der Waals surface area contributed by atoms with Gasteiger partial charge in [-0.1, -0.05) is 101 Å². The Balaban J connectivity index is 2.45. The molecule has 0 aliphatic rings. The second-order valence-corrected chi connectivity index (χ2v) is 11.4. The van der Waals surface area contributed by atoms with Crippen molar-refractivity contribution in [3.05, 3.63) is 71.8 Å². The minimum atomic E-state index is -1.99. The van der Waals surface area contributed by atoms with Gasteiger partial charge in [0.25, 0.3) is 11.8 Å². The van der Waals surface area contributed by atoms with Crippen LogP contribution in [0.5, 0.6) is 0 Å². The lowest BCUT2D eigenvalue weighted by molar-refractivity contribution is -0.171. The summed E-state index contributed by atoms with van der Waals surface area (Å²) in [7, 11) is 2.90. The second kappa shape index (κ2) is 19.6. The Morgan fingerprint density at radius 1 is 0.609 bits per heavy atom. The molecule has 8 atom stereocenters. The molecule has 4 amide bonds. The van der Waals surface area contributed by atoms with Crippen LogP contribution >= 0.6 is 0 Å². The largest absolute Gasteiger partial charge is 0.387 e. The van der Waals surface area contributed by atoms with Crippen LogP contribution in [0.2, 0.25) is 0 Å². The lowest BCUT2D eigenvalue weighted by Crippen LogP contribution is -2.60. The standard InChI is InChI=1S/C34H50N4O8/c1-7-21(3)25(31(41)35-5)37-33(43)29(45-19-23-15-11-9-12-16-23)27(39)28(40)30(46-20-24-17-13-10-14-18-24)34(44)38-26(22(4)8-2)32(42)36-6/h9-18,21-22,25-30,39-40H,7-8,19-20H2,1-6H3,(H,35,41)(H,36,42)(H,37,43)(H,38,44)/t21?,22?,25-,26-,27+,28+,29+,30+/m0/s1. The molecule has 2 rings (SSSR count). The van der Waals surface area contributed by atoms with E-state index in [1.54, 1.807) is 62.4 Å². The van der Waals surface area contributed by atoms with Crippen LogP contribution in [0.15, 0.2) is 60.7 Å². The zero-order valence-corrected chi connectivity index (χ0v) is 27.6. The lowest BCUT2D eigenvalue weighted by atomic mass is 9.95. The van der Waals surface area contributed by atoms with E-state index in [2.05, 4.69) is 21.3 Å². The van der Waals surface area contributed by atoms with Crippen molar-refractivity contribution in [2.75, 3.05) is 14.1 Å². The van der Waals surface area contributed by atoms with Crippen molar-refractivity contribution in [2.24, 2.45) is 11.8 Å². The van der Waals surface area contributed by atoms with Crippen molar-refractivity contribution in [1.82, 2.24) is 21.3 Å². The van der Waals surface area contributed by atoms with Gasteiger partial charge in [0.05, 0.1) is 13.2 Å². The maximum atomic E-state index is 13.7. The minimum absolute atomic E-state index is 0.120. The maximum absolute atomic E-state index is 13.7. The molecule has 0 bridgehead atoms. The summed E-state index contributed by atoms with van der Waals surface area (Å²) in [5.74, 6) is -3.13. The van der Waals surface area contributed by atoms with Gasteiger partial charge < -0.3 is 41.0 Å². The van der Waals surface area contributed by atoms with Gasteiger partial charge in [0.2, 0.25) is 11.8 Å². The Labute approximate surface area is 271 Å². The van der Waals surface area contributed by atoms with E-state index in [0.717, 1.165) is 0 Å². The highest BCUT2D eigenvalue weighted by molar-refractivity contribution is 5.91. The first-order valence-electron chi connectivity index (χ1n) is 15.7. The number of hydrogen-bond acceptors (Lipinski definition) is 8. The Morgan fingerprint density at radius 2 is 0.935 bits per heavy atom. The van der Waals surface area contributed by atoms with Gasteiger partial charge in [-0.3, -0.25) is 19.2 Å². The van der Waals surface area contributed by atoms with Crippen LogP contribution in [0, 0.1) is 11.8 Å². The number of hydrogen-bond donors (Lipinski definition) is 6.